The molecule has 0 saturated heterocycles. The van der Waals surface area contributed by atoms with E-state index < -0.39 is 0 Å². The van der Waals surface area contributed by atoms with Crippen molar-refractivity contribution in [2.75, 3.05) is 7.05 Å². The van der Waals surface area contributed by atoms with E-state index in [0.29, 0.717) is 0 Å². The highest BCUT2D eigenvalue weighted by Gasteiger charge is 2.28. The zero-order chi connectivity index (χ0) is 15.4. The summed E-state index contributed by atoms with van der Waals surface area (Å²) >= 11 is 0. The molecule has 0 fully saturated rings. The van der Waals surface area contributed by atoms with Gasteiger partial charge in [0.2, 0.25) is 0 Å². The summed E-state index contributed by atoms with van der Waals surface area (Å²) in [6, 6.07) is 0.216. The molecule has 2 heteroatoms. The molecule has 0 spiro atoms. The summed E-state index contributed by atoms with van der Waals surface area (Å²) in [5, 5.41) is 3.35. The van der Waals surface area contributed by atoms with Crippen molar-refractivity contribution in [1.82, 2.24) is 5.32 Å². The summed E-state index contributed by atoms with van der Waals surface area (Å²) in [4.78, 5) is 0. The fourth-order valence-electron chi connectivity index (χ4n) is 3.24. The Bertz CT molecular complexity index is 560. The molecule has 2 aliphatic rings. The Labute approximate surface area is 127 Å². The maximum absolute atomic E-state index is 13.6. The van der Waals surface area contributed by atoms with Gasteiger partial charge < -0.3 is 5.32 Å². The summed E-state index contributed by atoms with van der Waals surface area (Å²) in [5.41, 5.74) is 3.79. The van der Waals surface area contributed by atoms with E-state index in [1.165, 1.54) is 22.8 Å². The number of likely N-dealkylation sites (N-methyl/N-ethyl adjacent to an activating group) is 1. The van der Waals surface area contributed by atoms with Crippen LogP contribution in [0, 0.1) is 11.8 Å². The molecule has 3 atom stereocenters. The van der Waals surface area contributed by atoms with Gasteiger partial charge in [0.05, 0.1) is 0 Å². The minimum atomic E-state index is -0.194. The number of rotatable bonds is 3. The van der Waals surface area contributed by atoms with Crippen molar-refractivity contribution in [3.05, 3.63) is 71.7 Å². The maximum Gasteiger partial charge on any atom is 0.122 e. The smallest absolute Gasteiger partial charge is 0.122 e. The summed E-state index contributed by atoms with van der Waals surface area (Å²) in [5.74, 6) is 0.317. The van der Waals surface area contributed by atoms with Crippen molar-refractivity contribution in [1.29, 1.82) is 0 Å². The van der Waals surface area contributed by atoms with Gasteiger partial charge in [-0.05, 0) is 45.0 Å². The normalized spacial score (nSPS) is 34.6. The van der Waals surface area contributed by atoms with Gasteiger partial charge in [-0.15, -0.1) is 6.58 Å². The Balaban J connectivity index is 2.45. The first-order chi connectivity index (χ1) is 10.1. The average molecular weight is 285 g/mol. The van der Waals surface area contributed by atoms with Crippen LogP contribution in [0.1, 0.15) is 20.3 Å². The predicted octanol–water partition coefficient (Wildman–Crippen LogP) is 4.64. The second kappa shape index (κ2) is 6.86. The van der Waals surface area contributed by atoms with Gasteiger partial charge in [0.25, 0.3) is 0 Å². The Morgan fingerprint density at radius 1 is 1.33 bits per heavy atom. The first-order valence-corrected chi connectivity index (χ1v) is 7.47. The molecule has 0 aliphatic heterocycles. The lowest BCUT2D eigenvalue weighted by atomic mass is 9.74. The van der Waals surface area contributed by atoms with Crippen LogP contribution in [0.15, 0.2) is 71.7 Å². The number of hydrogen-bond acceptors (Lipinski definition) is 1. The number of halogens is 1. The van der Waals surface area contributed by atoms with Gasteiger partial charge in [-0.1, -0.05) is 41.5 Å². The molecule has 0 radical (unpaired) electrons. The molecule has 1 nitrogen and oxygen atoms in total. The SMILES string of the molecule is C=CC1C(C)=CC(C)=CC1/C1=C/C=C(/F)C=CCC1NC. The first kappa shape index (κ1) is 15.7. The Kier molecular flexibility index (Phi) is 5.13. The van der Waals surface area contributed by atoms with Crippen LogP contribution in [0.3, 0.4) is 0 Å². The van der Waals surface area contributed by atoms with Gasteiger partial charge in [0, 0.05) is 17.9 Å². The standard InChI is InChI=1S/C19H24FN/c1-5-16-14(3)11-13(2)12-18(16)17-10-9-15(20)7-6-8-19(17)21-4/h5-7,9-12,16,18-19,21H,1,8H2,2-4H3/b7-6?,15-9+,17-10-. The van der Waals surface area contributed by atoms with Crippen LogP contribution >= 0.6 is 0 Å². The number of hydrogen-bond donors (Lipinski definition) is 1. The topological polar surface area (TPSA) is 12.0 Å². The highest BCUT2D eigenvalue weighted by atomic mass is 19.1. The third kappa shape index (κ3) is 3.51. The lowest BCUT2D eigenvalue weighted by Gasteiger charge is -2.33. The van der Waals surface area contributed by atoms with E-state index in [4.69, 9.17) is 0 Å². The van der Waals surface area contributed by atoms with Gasteiger partial charge in [-0.2, -0.15) is 0 Å². The van der Waals surface area contributed by atoms with Crippen molar-refractivity contribution in [2.24, 2.45) is 11.8 Å². The molecule has 0 amide bonds. The molecule has 112 valence electrons. The van der Waals surface area contributed by atoms with E-state index in [1.54, 1.807) is 6.08 Å². The molecule has 1 N–H and O–H groups in total. The third-order valence-electron chi connectivity index (χ3n) is 4.28. The molecule has 0 heterocycles. The van der Waals surface area contributed by atoms with E-state index in [9.17, 15) is 4.39 Å². The van der Waals surface area contributed by atoms with E-state index >= 15 is 0 Å². The van der Waals surface area contributed by atoms with Crippen molar-refractivity contribution >= 4 is 0 Å². The summed E-state index contributed by atoms with van der Waals surface area (Å²) in [6.45, 7) is 8.25. The molecular formula is C19H24FN. The van der Waals surface area contributed by atoms with Crippen molar-refractivity contribution in [3.63, 3.8) is 0 Å². The van der Waals surface area contributed by atoms with Crippen molar-refractivity contribution in [2.45, 2.75) is 26.3 Å². The first-order valence-electron chi connectivity index (χ1n) is 7.47. The largest absolute Gasteiger partial charge is 0.313 e. The van der Waals surface area contributed by atoms with E-state index in [-0.39, 0.29) is 23.7 Å². The van der Waals surface area contributed by atoms with Crippen LogP contribution in [0.5, 0.6) is 0 Å². The molecule has 2 rings (SSSR count). The molecule has 0 saturated carbocycles. The minimum Gasteiger partial charge on any atom is -0.313 e. The maximum atomic E-state index is 13.6. The predicted molar refractivity (Wildman–Crippen MR) is 88.6 cm³/mol. The summed E-state index contributed by atoms with van der Waals surface area (Å²) in [7, 11) is 1.96. The van der Waals surface area contributed by atoms with Crippen LogP contribution in [0.4, 0.5) is 4.39 Å². The molecule has 2 aliphatic carbocycles. The highest BCUT2D eigenvalue weighted by molar-refractivity contribution is 5.40. The van der Waals surface area contributed by atoms with Crippen LogP contribution in [0.25, 0.3) is 0 Å². The minimum absolute atomic E-state index is 0.194. The van der Waals surface area contributed by atoms with Gasteiger partial charge in [-0.3, -0.25) is 0 Å². The number of nitrogens with one attached hydrogen (secondary N) is 1. The summed E-state index contributed by atoms with van der Waals surface area (Å²) < 4.78 is 13.6. The van der Waals surface area contributed by atoms with Crippen LogP contribution in [-0.4, -0.2) is 13.1 Å². The van der Waals surface area contributed by atoms with E-state index in [2.05, 4.69) is 37.9 Å². The fourth-order valence-corrected chi connectivity index (χ4v) is 3.24. The Hall–Kier alpha value is -1.67. The second-order valence-corrected chi connectivity index (χ2v) is 5.78. The lowest BCUT2D eigenvalue weighted by Crippen LogP contribution is -2.33. The van der Waals surface area contributed by atoms with Gasteiger partial charge >= 0.3 is 0 Å². The average Bonchev–Trinajstić information content (AvgIpc) is 2.42. The molecule has 0 bridgehead atoms. The van der Waals surface area contributed by atoms with Gasteiger partial charge in [0.15, 0.2) is 0 Å². The molecule has 21 heavy (non-hydrogen) atoms. The van der Waals surface area contributed by atoms with Gasteiger partial charge in [-0.25, -0.2) is 4.39 Å². The van der Waals surface area contributed by atoms with Crippen molar-refractivity contribution < 1.29 is 4.39 Å². The van der Waals surface area contributed by atoms with Crippen LogP contribution < -0.4 is 5.32 Å². The number of allylic oxidation sites excluding steroid dienone is 9. The lowest BCUT2D eigenvalue weighted by molar-refractivity contribution is 0.513. The zero-order valence-electron chi connectivity index (χ0n) is 13.1. The van der Waals surface area contributed by atoms with Gasteiger partial charge in [0.1, 0.15) is 5.83 Å². The molecule has 3 unspecified atom stereocenters. The second-order valence-electron chi connectivity index (χ2n) is 5.78. The molecular weight excluding hydrogens is 261 g/mol. The monoisotopic (exact) mass is 285 g/mol. The summed E-state index contributed by atoms with van der Waals surface area (Å²) in [6.07, 6.45) is 14.2. The quantitative estimate of drug-likeness (QED) is 0.745. The molecule has 0 aromatic heterocycles. The molecule has 0 aromatic carbocycles. The van der Waals surface area contributed by atoms with Crippen LogP contribution in [0.2, 0.25) is 0 Å². The third-order valence-corrected chi connectivity index (χ3v) is 4.28. The highest BCUT2D eigenvalue weighted by Crippen LogP contribution is 2.37. The van der Waals surface area contributed by atoms with Crippen molar-refractivity contribution in [3.8, 4) is 0 Å². The van der Waals surface area contributed by atoms with Crippen LogP contribution in [-0.2, 0) is 0 Å². The van der Waals surface area contributed by atoms with E-state index in [1.807, 2.05) is 25.3 Å². The van der Waals surface area contributed by atoms with E-state index in [0.717, 1.165) is 6.42 Å². The molecule has 0 aromatic rings. The zero-order valence-corrected chi connectivity index (χ0v) is 13.1. The fraction of sp³-hybridized carbons (Fsp3) is 0.368. The Morgan fingerprint density at radius 2 is 2.10 bits per heavy atom. The Morgan fingerprint density at radius 3 is 2.76 bits per heavy atom.